The largest absolute Gasteiger partial charge is 0.478 e. The molecule has 1 aromatic rings. The summed E-state index contributed by atoms with van der Waals surface area (Å²) in [6.45, 7) is 2.33. The Labute approximate surface area is 94.1 Å². The molecule has 0 aromatic carbocycles. The normalized spacial score (nSPS) is 12.1. The molecule has 1 atom stereocenters. The first-order valence-corrected chi connectivity index (χ1v) is 5.21. The molecule has 0 aliphatic carbocycles. The van der Waals surface area contributed by atoms with Crippen LogP contribution in [0.4, 0.5) is 5.82 Å². The molecule has 5 heteroatoms. The van der Waals surface area contributed by atoms with Gasteiger partial charge in [-0.25, -0.2) is 9.78 Å². The summed E-state index contributed by atoms with van der Waals surface area (Å²) in [7, 11) is 0. The molecule has 0 saturated heterocycles. The Morgan fingerprint density at radius 3 is 3.00 bits per heavy atom. The zero-order chi connectivity index (χ0) is 12.0. The Hall–Kier alpha value is -1.62. The molecular formula is C11H16N2O3. The number of aliphatic hydroxyl groups excluding tert-OH is 1. The van der Waals surface area contributed by atoms with E-state index in [0.717, 1.165) is 6.42 Å². The van der Waals surface area contributed by atoms with Crippen LogP contribution < -0.4 is 5.32 Å². The van der Waals surface area contributed by atoms with E-state index in [1.54, 1.807) is 19.2 Å². The molecule has 0 fully saturated rings. The highest BCUT2D eigenvalue weighted by molar-refractivity contribution is 5.92. The standard InChI is InChI=1S/C11H16N2O3/c1-8(14)4-2-6-12-10-9(11(15)16)5-3-7-13-10/h3,5,7-8,14H,2,4,6H2,1H3,(H,12,13)(H,15,16). The lowest BCUT2D eigenvalue weighted by atomic mass is 10.2. The molecule has 88 valence electrons. The summed E-state index contributed by atoms with van der Waals surface area (Å²) in [6.07, 6.45) is 2.67. The van der Waals surface area contributed by atoms with E-state index in [0.29, 0.717) is 18.8 Å². The number of nitrogens with one attached hydrogen (secondary N) is 1. The second-order valence-corrected chi connectivity index (χ2v) is 3.62. The second kappa shape index (κ2) is 6.07. The van der Waals surface area contributed by atoms with Crippen molar-refractivity contribution in [1.29, 1.82) is 0 Å². The summed E-state index contributed by atoms with van der Waals surface area (Å²) >= 11 is 0. The van der Waals surface area contributed by atoms with Crippen LogP contribution in [0, 0.1) is 0 Å². The predicted octanol–water partition coefficient (Wildman–Crippen LogP) is 1.35. The van der Waals surface area contributed by atoms with Crippen LogP contribution in [0.2, 0.25) is 0 Å². The maximum Gasteiger partial charge on any atom is 0.339 e. The number of aliphatic hydroxyl groups is 1. The van der Waals surface area contributed by atoms with E-state index in [4.69, 9.17) is 10.2 Å². The lowest BCUT2D eigenvalue weighted by Gasteiger charge is -2.08. The minimum atomic E-state index is -0.994. The highest BCUT2D eigenvalue weighted by atomic mass is 16.4. The molecule has 0 aliphatic rings. The Bertz CT molecular complexity index is 353. The van der Waals surface area contributed by atoms with Gasteiger partial charge in [-0.3, -0.25) is 0 Å². The highest BCUT2D eigenvalue weighted by Crippen LogP contribution is 2.11. The van der Waals surface area contributed by atoms with Crippen LogP contribution in [0.25, 0.3) is 0 Å². The van der Waals surface area contributed by atoms with E-state index >= 15 is 0 Å². The number of pyridine rings is 1. The van der Waals surface area contributed by atoms with Gasteiger partial charge < -0.3 is 15.5 Å². The Balaban J connectivity index is 2.50. The van der Waals surface area contributed by atoms with Crippen LogP contribution in [0.5, 0.6) is 0 Å². The van der Waals surface area contributed by atoms with Crippen molar-refractivity contribution in [2.24, 2.45) is 0 Å². The molecule has 1 heterocycles. The fourth-order valence-corrected chi connectivity index (χ4v) is 1.32. The minimum absolute atomic E-state index is 0.166. The molecule has 16 heavy (non-hydrogen) atoms. The smallest absolute Gasteiger partial charge is 0.339 e. The third-order valence-corrected chi connectivity index (χ3v) is 2.13. The number of carboxylic acid groups (broad SMARTS) is 1. The van der Waals surface area contributed by atoms with Crippen LogP contribution in [0.1, 0.15) is 30.1 Å². The molecule has 1 aromatic heterocycles. The van der Waals surface area contributed by atoms with E-state index in [9.17, 15) is 4.79 Å². The lowest BCUT2D eigenvalue weighted by Crippen LogP contribution is -2.11. The average Bonchev–Trinajstić information content (AvgIpc) is 2.24. The Morgan fingerprint density at radius 2 is 2.38 bits per heavy atom. The number of aromatic nitrogens is 1. The molecule has 0 bridgehead atoms. The zero-order valence-corrected chi connectivity index (χ0v) is 9.18. The van der Waals surface area contributed by atoms with Crippen LogP contribution in [-0.2, 0) is 0 Å². The minimum Gasteiger partial charge on any atom is -0.478 e. The first-order chi connectivity index (χ1) is 7.61. The van der Waals surface area contributed by atoms with Crippen LogP contribution in [0.15, 0.2) is 18.3 Å². The first-order valence-electron chi connectivity index (χ1n) is 5.21. The van der Waals surface area contributed by atoms with E-state index in [-0.39, 0.29) is 11.7 Å². The molecule has 5 nitrogen and oxygen atoms in total. The van der Waals surface area contributed by atoms with Crippen molar-refractivity contribution >= 4 is 11.8 Å². The lowest BCUT2D eigenvalue weighted by molar-refractivity contribution is 0.0697. The van der Waals surface area contributed by atoms with Crippen molar-refractivity contribution in [1.82, 2.24) is 4.98 Å². The van der Waals surface area contributed by atoms with Crippen molar-refractivity contribution in [3.63, 3.8) is 0 Å². The van der Waals surface area contributed by atoms with Crippen molar-refractivity contribution in [2.75, 3.05) is 11.9 Å². The van der Waals surface area contributed by atoms with Crippen molar-refractivity contribution in [3.8, 4) is 0 Å². The molecule has 0 amide bonds. The third kappa shape index (κ3) is 3.86. The molecule has 0 spiro atoms. The van der Waals surface area contributed by atoms with Gasteiger partial charge in [0.05, 0.1) is 6.10 Å². The van der Waals surface area contributed by atoms with Gasteiger partial charge in [0.25, 0.3) is 0 Å². The fraction of sp³-hybridized carbons (Fsp3) is 0.455. The summed E-state index contributed by atoms with van der Waals surface area (Å²) in [6, 6.07) is 3.09. The van der Waals surface area contributed by atoms with Gasteiger partial charge in [0.15, 0.2) is 0 Å². The second-order valence-electron chi connectivity index (χ2n) is 3.62. The van der Waals surface area contributed by atoms with Gasteiger partial charge in [0.2, 0.25) is 0 Å². The van der Waals surface area contributed by atoms with Gasteiger partial charge in [-0.2, -0.15) is 0 Å². The number of aromatic carboxylic acids is 1. The topological polar surface area (TPSA) is 82.5 Å². The number of rotatable bonds is 6. The van der Waals surface area contributed by atoms with Gasteiger partial charge in [0, 0.05) is 12.7 Å². The van der Waals surface area contributed by atoms with E-state index in [2.05, 4.69) is 10.3 Å². The van der Waals surface area contributed by atoms with Gasteiger partial charge in [-0.1, -0.05) is 0 Å². The summed E-state index contributed by atoms with van der Waals surface area (Å²) in [4.78, 5) is 14.8. The van der Waals surface area contributed by atoms with Crippen LogP contribution in [-0.4, -0.2) is 33.8 Å². The average molecular weight is 224 g/mol. The quantitative estimate of drug-likeness (QED) is 0.635. The molecule has 1 rings (SSSR count). The molecular weight excluding hydrogens is 208 g/mol. The monoisotopic (exact) mass is 224 g/mol. The molecule has 0 saturated carbocycles. The predicted molar refractivity (Wildman–Crippen MR) is 60.6 cm³/mol. The summed E-state index contributed by atoms with van der Waals surface area (Å²) in [5.74, 6) is -0.619. The fourth-order valence-electron chi connectivity index (χ4n) is 1.32. The third-order valence-electron chi connectivity index (χ3n) is 2.13. The van der Waals surface area contributed by atoms with Gasteiger partial charge in [0.1, 0.15) is 11.4 Å². The molecule has 0 aliphatic heterocycles. The number of carboxylic acids is 1. The van der Waals surface area contributed by atoms with Gasteiger partial charge >= 0.3 is 5.97 Å². The number of carbonyl (C=O) groups is 1. The van der Waals surface area contributed by atoms with E-state index in [1.807, 2.05) is 0 Å². The highest BCUT2D eigenvalue weighted by Gasteiger charge is 2.09. The molecule has 3 N–H and O–H groups in total. The van der Waals surface area contributed by atoms with Crippen molar-refractivity contribution in [2.45, 2.75) is 25.9 Å². The Morgan fingerprint density at radius 1 is 1.62 bits per heavy atom. The number of nitrogens with zero attached hydrogens (tertiary/aromatic N) is 1. The molecule has 0 radical (unpaired) electrons. The number of hydrogen-bond acceptors (Lipinski definition) is 4. The number of hydrogen-bond donors (Lipinski definition) is 3. The SMILES string of the molecule is CC(O)CCCNc1ncccc1C(=O)O. The maximum absolute atomic E-state index is 10.8. The van der Waals surface area contributed by atoms with E-state index < -0.39 is 5.97 Å². The van der Waals surface area contributed by atoms with Crippen molar-refractivity contribution in [3.05, 3.63) is 23.9 Å². The Kier molecular flexibility index (Phi) is 4.72. The first kappa shape index (κ1) is 12.4. The zero-order valence-electron chi connectivity index (χ0n) is 9.18. The van der Waals surface area contributed by atoms with Gasteiger partial charge in [-0.05, 0) is 31.9 Å². The van der Waals surface area contributed by atoms with Crippen LogP contribution in [0.3, 0.4) is 0 Å². The number of anilines is 1. The van der Waals surface area contributed by atoms with Gasteiger partial charge in [-0.15, -0.1) is 0 Å². The molecule has 1 unspecified atom stereocenters. The van der Waals surface area contributed by atoms with Crippen LogP contribution >= 0.6 is 0 Å². The maximum atomic E-state index is 10.8. The summed E-state index contributed by atoms with van der Waals surface area (Å²) < 4.78 is 0. The van der Waals surface area contributed by atoms with Crippen molar-refractivity contribution < 1.29 is 15.0 Å². The van der Waals surface area contributed by atoms with E-state index in [1.165, 1.54) is 6.07 Å². The summed E-state index contributed by atoms with van der Waals surface area (Å²) in [5, 5.41) is 20.9. The summed E-state index contributed by atoms with van der Waals surface area (Å²) in [5.41, 5.74) is 0.166.